The van der Waals surface area contributed by atoms with Crippen molar-refractivity contribution in [2.75, 3.05) is 19.0 Å². The number of rotatable bonds is 1. The molecule has 0 N–H and O–H groups in total. The van der Waals surface area contributed by atoms with Crippen LogP contribution in [0.5, 0.6) is 0 Å². The van der Waals surface area contributed by atoms with E-state index in [0.717, 1.165) is 25.9 Å². The van der Waals surface area contributed by atoms with Crippen molar-refractivity contribution in [1.29, 1.82) is 0 Å². The zero-order valence-electron chi connectivity index (χ0n) is 9.75. The normalized spacial score (nSPS) is 22.7. The number of hydrogen-bond acceptors (Lipinski definition) is 2. The molecule has 4 heteroatoms. The van der Waals surface area contributed by atoms with Crippen LogP contribution < -0.4 is 0 Å². The van der Waals surface area contributed by atoms with Gasteiger partial charge in [0, 0.05) is 19.0 Å². The molecule has 0 unspecified atom stereocenters. The summed E-state index contributed by atoms with van der Waals surface area (Å²) in [5.74, 6) is 1.05. The van der Waals surface area contributed by atoms with Crippen LogP contribution in [0, 0.1) is 5.92 Å². The number of piperidine rings is 1. The lowest BCUT2D eigenvalue weighted by Gasteiger charge is -2.33. The van der Waals surface area contributed by atoms with Crippen LogP contribution in [-0.4, -0.2) is 35.6 Å². The van der Waals surface area contributed by atoms with E-state index in [1.807, 2.05) is 20.8 Å². The zero-order valence-corrected chi connectivity index (χ0v) is 10.5. The molecule has 1 amide bonds. The first kappa shape index (κ1) is 12.6. The lowest BCUT2D eigenvalue weighted by molar-refractivity contribution is 0.0176. The van der Waals surface area contributed by atoms with Gasteiger partial charge in [-0.25, -0.2) is 4.79 Å². The van der Waals surface area contributed by atoms with Crippen LogP contribution in [-0.2, 0) is 4.74 Å². The second-order valence-corrected chi connectivity index (χ2v) is 5.40. The van der Waals surface area contributed by atoms with E-state index in [-0.39, 0.29) is 6.09 Å². The Morgan fingerprint density at radius 1 is 1.53 bits per heavy atom. The topological polar surface area (TPSA) is 29.5 Å². The molecule has 0 saturated carbocycles. The summed E-state index contributed by atoms with van der Waals surface area (Å²) in [5, 5.41) is 0. The minimum absolute atomic E-state index is 0.211. The first-order chi connectivity index (χ1) is 6.92. The summed E-state index contributed by atoms with van der Waals surface area (Å²) < 4.78 is 5.31. The van der Waals surface area contributed by atoms with Gasteiger partial charge in [-0.2, -0.15) is 0 Å². The molecular weight excluding hydrogens is 214 g/mol. The number of alkyl halides is 1. The Balaban J connectivity index is 2.45. The van der Waals surface area contributed by atoms with E-state index in [1.54, 1.807) is 4.90 Å². The fraction of sp³-hybridized carbons (Fsp3) is 0.909. The number of nitrogens with zero attached hydrogens (tertiary/aromatic N) is 1. The lowest BCUT2D eigenvalue weighted by Crippen LogP contribution is -2.43. The van der Waals surface area contributed by atoms with Gasteiger partial charge in [0.1, 0.15) is 5.60 Å². The second-order valence-electron chi connectivity index (χ2n) is 5.09. The summed E-state index contributed by atoms with van der Waals surface area (Å²) in [6, 6.07) is 0. The van der Waals surface area contributed by atoms with E-state index in [1.165, 1.54) is 0 Å². The molecule has 15 heavy (non-hydrogen) atoms. The Bertz CT molecular complexity index is 225. The summed E-state index contributed by atoms with van der Waals surface area (Å²) in [7, 11) is 0. The van der Waals surface area contributed by atoms with Crippen molar-refractivity contribution < 1.29 is 9.53 Å². The average Bonchev–Trinajstić information content (AvgIpc) is 2.15. The molecule has 0 radical (unpaired) electrons. The minimum Gasteiger partial charge on any atom is -0.444 e. The van der Waals surface area contributed by atoms with Crippen molar-refractivity contribution in [3.8, 4) is 0 Å². The van der Waals surface area contributed by atoms with Crippen LogP contribution in [0.2, 0.25) is 0 Å². The van der Waals surface area contributed by atoms with Crippen LogP contribution in [0.15, 0.2) is 0 Å². The fourth-order valence-corrected chi connectivity index (χ4v) is 1.94. The van der Waals surface area contributed by atoms with Crippen molar-refractivity contribution in [2.45, 2.75) is 39.2 Å². The van der Waals surface area contributed by atoms with Crippen LogP contribution in [0.3, 0.4) is 0 Å². The molecule has 0 aromatic carbocycles. The highest BCUT2D eigenvalue weighted by Gasteiger charge is 2.26. The molecule has 1 fully saturated rings. The van der Waals surface area contributed by atoms with E-state index in [9.17, 15) is 4.79 Å². The molecule has 0 aromatic rings. The lowest BCUT2D eigenvalue weighted by atomic mass is 10.0. The van der Waals surface area contributed by atoms with Crippen LogP contribution in [0.25, 0.3) is 0 Å². The third-order valence-corrected chi connectivity index (χ3v) is 2.83. The van der Waals surface area contributed by atoms with E-state index in [4.69, 9.17) is 16.3 Å². The van der Waals surface area contributed by atoms with Gasteiger partial charge >= 0.3 is 6.09 Å². The van der Waals surface area contributed by atoms with E-state index >= 15 is 0 Å². The molecule has 1 aliphatic rings. The van der Waals surface area contributed by atoms with Gasteiger partial charge in [-0.15, -0.1) is 11.6 Å². The monoisotopic (exact) mass is 233 g/mol. The molecule has 1 aliphatic heterocycles. The molecule has 0 spiro atoms. The zero-order chi connectivity index (χ0) is 11.5. The molecular formula is C11H20ClNO2. The van der Waals surface area contributed by atoms with Crippen LogP contribution >= 0.6 is 11.6 Å². The van der Waals surface area contributed by atoms with Crippen molar-refractivity contribution in [3.05, 3.63) is 0 Å². The molecule has 1 atom stereocenters. The van der Waals surface area contributed by atoms with Crippen molar-refractivity contribution in [3.63, 3.8) is 0 Å². The Hall–Kier alpha value is -0.440. The van der Waals surface area contributed by atoms with Gasteiger partial charge in [0.25, 0.3) is 0 Å². The smallest absolute Gasteiger partial charge is 0.410 e. The van der Waals surface area contributed by atoms with Crippen molar-refractivity contribution in [1.82, 2.24) is 4.90 Å². The van der Waals surface area contributed by atoms with Gasteiger partial charge in [-0.3, -0.25) is 0 Å². The maximum absolute atomic E-state index is 11.7. The third kappa shape index (κ3) is 4.29. The predicted octanol–water partition coefficient (Wildman–Crippen LogP) is 2.87. The number of likely N-dealkylation sites (tertiary alicyclic amines) is 1. The quantitative estimate of drug-likeness (QED) is 0.652. The summed E-state index contributed by atoms with van der Waals surface area (Å²) >= 11 is 5.80. The third-order valence-electron chi connectivity index (χ3n) is 2.39. The first-order valence-corrected chi connectivity index (χ1v) is 5.99. The Morgan fingerprint density at radius 3 is 2.73 bits per heavy atom. The van der Waals surface area contributed by atoms with E-state index in [0.29, 0.717) is 11.8 Å². The number of hydrogen-bond donors (Lipinski definition) is 0. The largest absolute Gasteiger partial charge is 0.444 e. The van der Waals surface area contributed by atoms with Gasteiger partial charge in [0.2, 0.25) is 0 Å². The van der Waals surface area contributed by atoms with Crippen molar-refractivity contribution >= 4 is 17.7 Å². The Labute approximate surface area is 96.7 Å². The van der Waals surface area contributed by atoms with Gasteiger partial charge in [0.05, 0.1) is 0 Å². The molecule has 0 bridgehead atoms. The van der Waals surface area contributed by atoms with Gasteiger partial charge in [-0.05, 0) is 39.5 Å². The van der Waals surface area contributed by atoms with Gasteiger partial charge in [-0.1, -0.05) is 0 Å². The SMILES string of the molecule is CC(C)(C)OC(=O)N1CCC[C@@H](CCl)C1. The highest BCUT2D eigenvalue weighted by Crippen LogP contribution is 2.19. The molecule has 1 rings (SSSR count). The minimum atomic E-state index is -0.412. The number of carbonyl (C=O) groups is 1. The maximum atomic E-state index is 11.7. The highest BCUT2D eigenvalue weighted by atomic mass is 35.5. The molecule has 1 heterocycles. The summed E-state index contributed by atoms with van der Waals surface area (Å²) in [6.45, 7) is 7.18. The molecule has 1 saturated heterocycles. The maximum Gasteiger partial charge on any atom is 0.410 e. The van der Waals surface area contributed by atoms with E-state index < -0.39 is 5.60 Å². The van der Waals surface area contributed by atoms with Gasteiger partial charge < -0.3 is 9.64 Å². The number of ether oxygens (including phenoxy) is 1. The molecule has 3 nitrogen and oxygen atoms in total. The van der Waals surface area contributed by atoms with Gasteiger partial charge in [0.15, 0.2) is 0 Å². The summed E-state index contributed by atoms with van der Waals surface area (Å²) in [6.07, 6.45) is 1.93. The Morgan fingerprint density at radius 2 is 2.20 bits per heavy atom. The molecule has 0 aliphatic carbocycles. The highest BCUT2D eigenvalue weighted by molar-refractivity contribution is 6.18. The molecule has 0 aromatic heterocycles. The van der Waals surface area contributed by atoms with Crippen molar-refractivity contribution in [2.24, 2.45) is 5.92 Å². The predicted molar refractivity (Wildman–Crippen MR) is 61.3 cm³/mol. The van der Waals surface area contributed by atoms with E-state index in [2.05, 4.69) is 0 Å². The summed E-state index contributed by atoms with van der Waals surface area (Å²) in [4.78, 5) is 13.5. The van der Waals surface area contributed by atoms with Crippen LogP contribution in [0.4, 0.5) is 4.79 Å². The van der Waals surface area contributed by atoms with Crippen LogP contribution in [0.1, 0.15) is 33.6 Å². The number of amides is 1. The average molecular weight is 234 g/mol. The molecule has 88 valence electrons. The number of carbonyl (C=O) groups excluding carboxylic acids is 1. The second kappa shape index (κ2) is 5.06. The Kier molecular flexibility index (Phi) is 4.26. The standard InChI is InChI=1S/C11H20ClNO2/c1-11(2,3)15-10(14)13-6-4-5-9(7-12)8-13/h9H,4-8H2,1-3H3/t9-/m0/s1. The summed E-state index contributed by atoms with van der Waals surface area (Å²) in [5.41, 5.74) is -0.412. The fourth-order valence-electron chi connectivity index (χ4n) is 1.68. The first-order valence-electron chi connectivity index (χ1n) is 5.46. The number of halogens is 1.